The molecule has 0 aliphatic heterocycles. The van der Waals surface area contributed by atoms with E-state index in [-0.39, 0.29) is 16.8 Å². The number of aromatic amines is 1. The van der Waals surface area contributed by atoms with E-state index in [1.54, 1.807) is 6.92 Å². The van der Waals surface area contributed by atoms with Gasteiger partial charge >= 0.3 is 5.97 Å². The zero-order chi connectivity index (χ0) is 11.9. The van der Waals surface area contributed by atoms with Crippen molar-refractivity contribution in [3.63, 3.8) is 0 Å². The molecular formula is C10H11N3O3. The molecular weight excluding hydrogens is 210 g/mol. The Balaban J connectivity index is 2.91. The van der Waals surface area contributed by atoms with Gasteiger partial charge in [-0.2, -0.15) is 0 Å². The number of rotatable bonds is 2. The summed E-state index contributed by atoms with van der Waals surface area (Å²) in [5.74, 6) is -1.10. The first kappa shape index (κ1) is 10.4. The summed E-state index contributed by atoms with van der Waals surface area (Å²) in [5, 5.41) is 11.5. The molecule has 0 amide bonds. The number of fused-ring (bicyclic) bond motifs is 1. The van der Waals surface area contributed by atoms with Gasteiger partial charge in [-0.15, -0.1) is 0 Å². The zero-order valence-corrected chi connectivity index (χ0v) is 8.94. The quantitative estimate of drug-likeness (QED) is 0.777. The molecule has 0 aromatic carbocycles. The number of aromatic carboxylic acids is 1. The predicted molar refractivity (Wildman–Crippen MR) is 56.9 cm³/mol. The second-order valence-electron chi connectivity index (χ2n) is 3.49. The molecule has 6 nitrogen and oxygen atoms in total. The molecule has 2 N–H and O–H groups in total. The van der Waals surface area contributed by atoms with Gasteiger partial charge in [0, 0.05) is 11.8 Å². The van der Waals surface area contributed by atoms with E-state index in [0.717, 1.165) is 4.52 Å². The van der Waals surface area contributed by atoms with Crippen molar-refractivity contribution < 1.29 is 9.90 Å². The van der Waals surface area contributed by atoms with E-state index in [0.29, 0.717) is 17.7 Å². The van der Waals surface area contributed by atoms with Crippen LogP contribution in [-0.4, -0.2) is 25.7 Å². The van der Waals surface area contributed by atoms with Gasteiger partial charge in [-0.05, 0) is 13.3 Å². The third-order valence-electron chi connectivity index (χ3n) is 2.55. The lowest BCUT2D eigenvalue weighted by atomic mass is 10.2. The molecule has 0 saturated heterocycles. The standard InChI is InChI=1S/C10H11N3O3/c1-3-7-5(2)9(14)13-8(12-7)6(4-11-13)10(15)16/h4,11H,3H2,1-2H3,(H,15,16). The molecule has 84 valence electrons. The lowest BCUT2D eigenvalue weighted by Gasteiger charge is -2.02. The van der Waals surface area contributed by atoms with Crippen LogP contribution in [0.4, 0.5) is 0 Å². The minimum atomic E-state index is -1.10. The normalized spacial score (nSPS) is 10.9. The Morgan fingerprint density at radius 1 is 1.62 bits per heavy atom. The summed E-state index contributed by atoms with van der Waals surface area (Å²) >= 11 is 0. The third-order valence-corrected chi connectivity index (χ3v) is 2.55. The molecule has 0 fully saturated rings. The van der Waals surface area contributed by atoms with Crippen molar-refractivity contribution >= 4 is 11.6 Å². The van der Waals surface area contributed by atoms with Crippen molar-refractivity contribution in [3.05, 3.63) is 33.4 Å². The maximum Gasteiger partial charge on any atom is 0.341 e. The van der Waals surface area contributed by atoms with E-state index in [4.69, 9.17) is 5.11 Å². The first-order chi connectivity index (χ1) is 7.56. The van der Waals surface area contributed by atoms with Gasteiger partial charge in [0.25, 0.3) is 5.56 Å². The summed E-state index contributed by atoms with van der Waals surface area (Å²) in [4.78, 5) is 26.9. The van der Waals surface area contributed by atoms with Crippen LogP contribution in [0, 0.1) is 6.92 Å². The summed E-state index contributed by atoms with van der Waals surface area (Å²) in [7, 11) is 0. The summed E-state index contributed by atoms with van der Waals surface area (Å²) in [6.45, 7) is 3.56. The molecule has 2 aromatic heterocycles. The van der Waals surface area contributed by atoms with Crippen LogP contribution in [0.25, 0.3) is 5.65 Å². The second-order valence-corrected chi connectivity index (χ2v) is 3.49. The van der Waals surface area contributed by atoms with Crippen molar-refractivity contribution in [2.24, 2.45) is 0 Å². The van der Waals surface area contributed by atoms with Gasteiger partial charge in [0.05, 0.1) is 5.69 Å². The molecule has 2 heterocycles. The maximum atomic E-state index is 11.8. The van der Waals surface area contributed by atoms with Crippen LogP contribution in [0.5, 0.6) is 0 Å². The fraction of sp³-hybridized carbons (Fsp3) is 0.300. The van der Waals surface area contributed by atoms with Gasteiger partial charge in [-0.25, -0.2) is 14.3 Å². The predicted octanol–water partition coefficient (Wildman–Crippen LogP) is 0.592. The second kappa shape index (κ2) is 3.48. The summed E-state index contributed by atoms with van der Waals surface area (Å²) in [6, 6.07) is 0. The molecule has 0 aliphatic rings. The molecule has 0 bridgehead atoms. The minimum Gasteiger partial charge on any atom is -0.477 e. The van der Waals surface area contributed by atoms with E-state index in [1.165, 1.54) is 6.20 Å². The van der Waals surface area contributed by atoms with Crippen LogP contribution in [0.1, 0.15) is 28.5 Å². The molecule has 0 aliphatic carbocycles. The average Bonchev–Trinajstić information content (AvgIpc) is 2.67. The number of hydrogen-bond donors (Lipinski definition) is 2. The zero-order valence-electron chi connectivity index (χ0n) is 8.94. The Bertz CT molecular complexity index is 624. The Hall–Kier alpha value is -2.11. The number of carbonyl (C=O) groups is 1. The number of aryl methyl sites for hydroxylation is 1. The lowest BCUT2D eigenvalue weighted by molar-refractivity contribution is 0.0698. The smallest absolute Gasteiger partial charge is 0.341 e. The Morgan fingerprint density at radius 3 is 2.88 bits per heavy atom. The molecule has 6 heteroatoms. The maximum absolute atomic E-state index is 11.8. The van der Waals surface area contributed by atoms with Gasteiger partial charge in [-0.3, -0.25) is 9.89 Å². The first-order valence-electron chi connectivity index (χ1n) is 4.89. The Labute approximate surface area is 90.5 Å². The molecule has 0 unspecified atom stereocenters. The number of carboxylic acids is 1. The van der Waals surface area contributed by atoms with Gasteiger partial charge in [0.15, 0.2) is 5.65 Å². The van der Waals surface area contributed by atoms with Crippen LogP contribution in [0.3, 0.4) is 0 Å². The van der Waals surface area contributed by atoms with E-state index in [2.05, 4.69) is 10.1 Å². The average molecular weight is 221 g/mol. The Kier molecular flexibility index (Phi) is 2.26. The van der Waals surface area contributed by atoms with Crippen molar-refractivity contribution in [2.45, 2.75) is 20.3 Å². The number of nitrogens with zero attached hydrogens (tertiary/aromatic N) is 2. The fourth-order valence-corrected chi connectivity index (χ4v) is 1.64. The summed E-state index contributed by atoms with van der Waals surface area (Å²) in [6.07, 6.45) is 1.87. The molecule has 2 aromatic rings. The topological polar surface area (TPSA) is 87.5 Å². The number of H-pyrrole nitrogens is 1. The summed E-state index contributed by atoms with van der Waals surface area (Å²) in [5.41, 5.74) is 1.09. The number of aromatic nitrogens is 3. The third kappa shape index (κ3) is 1.30. The molecule has 0 saturated carbocycles. The van der Waals surface area contributed by atoms with Crippen molar-refractivity contribution in [2.75, 3.05) is 0 Å². The van der Waals surface area contributed by atoms with E-state index in [9.17, 15) is 9.59 Å². The van der Waals surface area contributed by atoms with Crippen LogP contribution in [-0.2, 0) is 6.42 Å². The first-order valence-corrected chi connectivity index (χ1v) is 4.89. The van der Waals surface area contributed by atoms with Crippen LogP contribution in [0.15, 0.2) is 11.0 Å². The van der Waals surface area contributed by atoms with Gasteiger partial charge in [0.2, 0.25) is 0 Å². The molecule has 16 heavy (non-hydrogen) atoms. The molecule has 2 rings (SSSR count). The summed E-state index contributed by atoms with van der Waals surface area (Å²) < 4.78 is 1.15. The number of nitrogens with one attached hydrogen (secondary N) is 1. The molecule has 0 spiro atoms. The largest absolute Gasteiger partial charge is 0.477 e. The highest BCUT2D eigenvalue weighted by Gasteiger charge is 2.15. The fourth-order valence-electron chi connectivity index (χ4n) is 1.64. The highest BCUT2D eigenvalue weighted by atomic mass is 16.4. The van der Waals surface area contributed by atoms with Crippen LogP contribution < -0.4 is 5.56 Å². The highest BCUT2D eigenvalue weighted by Crippen LogP contribution is 2.09. The minimum absolute atomic E-state index is 0.00630. The number of hydrogen-bond acceptors (Lipinski definition) is 3. The SMILES string of the molecule is CCc1nc2c(C(=O)O)c[nH]n2c(=O)c1C. The van der Waals surface area contributed by atoms with Crippen molar-refractivity contribution in [1.29, 1.82) is 0 Å². The molecule has 0 atom stereocenters. The van der Waals surface area contributed by atoms with Gasteiger partial charge in [-0.1, -0.05) is 6.92 Å². The van der Waals surface area contributed by atoms with Crippen molar-refractivity contribution in [3.8, 4) is 0 Å². The van der Waals surface area contributed by atoms with E-state index in [1.807, 2.05) is 6.92 Å². The lowest BCUT2D eigenvalue weighted by Crippen LogP contribution is -2.20. The van der Waals surface area contributed by atoms with Gasteiger partial charge < -0.3 is 5.11 Å². The monoisotopic (exact) mass is 221 g/mol. The van der Waals surface area contributed by atoms with Crippen molar-refractivity contribution in [1.82, 2.24) is 14.6 Å². The number of carboxylic acid groups (broad SMARTS) is 1. The highest BCUT2D eigenvalue weighted by molar-refractivity contribution is 5.94. The van der Waals surface area contributed by atoms with E-state index < -0.39 is 5.97 Å². The Morgan fingerprint density at radius 2 is 2.31 bits per heavy atom. The van der Waals surface area contributed by atoms with E-state index >= 15 is 0 Å². The van der Waals surface area contributed by atoms with Crippen LogP contribution >= 0.6 is 0 Å². The van der Waals surface area contributed by atoms with Crippen LogP contribution in [0.2, 0.25) is 0 Å². The van der Waals surface area contributed by atoms with Gasteiger partial charge in [0.1, 0.15) is 5.56 Å². The molecule has 0 radical (unpaired) electrons.